The van der Waals surface area contributed by atoms with Crippen LogP contribution in [0.5, 0.6) is 0 Å². The third-order valence-electron chi connectivity index (χ3n) is 5.37. The minimum Gasteiger partial charge on any atom is -0.372 e. The molecule has 0 bridgehead atoms. The average Bonchev–Trinajstić information content (AvgIpc) is 3.06. The topological polar surface area (TPSA) is 61.4 Å². The molecule has 1 aromatic heterocycles. The molecule has 2 aliphatic rings. The maximum Gasteiger partial charge on any atom is 0.229 e. The van der Waals surface area contributed by atoms with Crippen LogP contribution in [0.4, 0.5) is 5.82 Å². The molecule has 23 heavy (non-hydrogen) atoms. The van der Waals surface area contributed by atoms with Gasteiger partial charge in [-0.05, 0) is 45.8 Å². The first kappa shape index (κ1) is 16.2. The SMILES string of the molecule is CNc1cncc([C@H]2CCCN2C(=O)C2(C)CCN(C)CC2)n1. The molecule has 0 spiro atoms. The van der Waals surface area contributed by atoms with Gasteiger partial charge in [-0.2, -0.15) is 0 Å². The van der Waals surface area contributed by atoms with Crippen LogP contribution in [-0.4, -0.2) is 59.4 Å². The highest BCUT2D eigenvalue weighted by molar-refractivity contribution is 5.83. The van der Waals surface area contributed by atoms with Gasteiger partial charge in [0.05, 0.1) is 24.1 Å². The van der Waals surface area contributed by atoms with Gasteiger partial charge in [0.1, 0.15) is 5.82 Å². The number of piperidine rings is 1. The predicted octanol–water partition coefficient (Wildman–Crippen LogP) is 1.91. The van der Waals surface area contributed by atoms with Gasteiger partial charge >= 0.3 is 0 Å². The van der Waals surface area contributed by atoms with E-state index in [1.165, 1.54) is 0 Å². The summed E-state index contributed by atoms with van der Waals surface area (Å²) in [6.45, 7) is 4.96. The Labute approximate surface area is 138 Å². The molecule has 1 aromatic rings. The van der Waals surface area contributed by atoms with Crippen molar-refractivity contribution in [2.24, 2.45) is 5.41 Å². The Morgan fingerprint density at radius 1 is 1.30 bits per heavy atom. The van der Waals surface area contributed by atoms with Crippen LogP contribution in [0.3, 0.4) is 0 Å². The number of aromatic nitrogens is 2. The van der Waals surface area contributed by atoms with Crippen LogP contribution < -0.4 is 5.32 Å². The zero-order chi connectivity index (χ0) is 16.4. The highest BCUT2D eigenvalue weighted by Crippen LogP contribution is 2.39. The van der Waals surface area contributed by atoms with Crippen LogP contribution >= 0.6 is 0 Å². The Balaban J connectivity index is 1.79. The van der Waals surface area contributed by atoms with Gasteiger partial charge < -0.3 is 15.1 Å². The molecule has 2 aliphatic heterocycles. The van der Waals surface area contributed by atoms with Gasteiger partial charge in [-0.1, -0.05) is 6.92 Å². The molecule has 0 unspecified atom stereocenters. The summed E-state index contributed by atoms with van der Waals surface area (Å²) < 4.78 is 0. The quantitative estimate of drug-likeness (QED) is 0.923. The summed E-state index contributed by atoms with van der Waals surface area (Å²) in [7, 11) is 3.96. The fourth-order valence-electron chi connectivity index (χ4n) is 3.65. The Bertz CT molecular complexity index is 568. The molecular weight excluding hydrogens is 290 g/mol. The predicted molar refractivity (Wildman–Crippen MR) is 90.1 cm³/mol. The summed E-state index contributed by atoms with van der Waals surface area (Å²) in [4.78, 5) is 26.4. The molecule has 3 rings (SSSR count). The Kier molecular flexibility index (Phi) is 4.53. The fourth-order valence-corrected chi connectivity index (χ4v) is 3.65. The number of hydrogen-bond acceptors (Lipinski definition) is 5. The summed E-state index contributed by atoms with van der Waals surface area (Å²) >= 11 is 0. The number of anilines is 1. The van der Waals surface area contributed by atoms with Crippen molar-refractivity contribution in [2.45, 2.75) is 38.6 Å². The van der Waals surface area contributed by atoms with E-state index in [1.54, 1.807) is 12.4 Å². The van der Waals surface area contributed by atoms with E-state index in [2.05, 4.69) is 39.1 Å². The Hall–Kier alpha value is -1.69. The maximum absolute atomic E-state index is 13.2. The number of amides is 1. The molecule has 6 nitrogen and oxygen atoms in total. The van der Waals surface area contributed by atoms with E-state index in [0.29, 0.717) is 5.91 Å². The van der Waals surface area contributed by atoms with Crippen molar-refractivity contribution in [1.29, 1.82) is 0 Å². The van der Waals surface area contributed by atoms with Crippen LogP contribution in [0, 0.1) is 5.41 Å². The first-order chi connectivity index (χ1) is 11.0. The highest BCUT2D eigenvalue weighted by Gasteiger charge is 2.43. The largest absolute Gasteiger partial charge is 0.372 e. The van der Waals surface area contributed by atoms with Crippen molar-refractivity contribution >= 4 is 11.7 Å². The third kappa shape index (κ3) is 3.17. The van der Waals surface area contributed by atoms with Crippen molar-refractivity contribution < 1.29 is 4.79 Å². The monoisotopic (exact) mass is 317 g/mol. The van der Waals surface area contributed by atoms with Gasteiger partial charge in [0.2, 0.25) is 5.91 Å². The standard InChI is InChI=1S/C17H27N5O/c1-17(6-9-21(3)10-7-17)16(23)22-8-4-5-14(22)13-11-19-12-15(18-2)20-13/h11-12,14H,4-10H2,1-3H3,(H,18,20)/t14-/m1/s1. The van der Waals surface area contributed by atoms with Gasteiger partial charge in [-0.15, -0.1) is 0 Å². The first-order valence-electron chi connectivity index (χ1n) is 8.53. The van der Waals surface area contributed by atoms with Crippen molar-refractivity contribution in [2.75, 3.05) is 39.0 Å². The van der Waals surface area contributed by atoms with Gasteiger partial charge in [-0.25, -0.2) is 4.98 Å². The number of hydrogen-bond donors (Lipinski definition) is 1. The smallest absolute Gasteiger partial charge is 0.229 e. The first-order valence-corrected chi connectivity index (χ1v) is 8.53. The molecule has 0 radical (unpaired) electrons. The van der Waals surface area contributed by atoms with Gasteiger partial charge in [0.15, 0.2) is 0 Å². The van der Waals surface area contributed by atoms with E-state index in [9.17, 15) is 4.79 Å². The lowest BCUT2D eigenvalue weighted by Gasteiger charge is -2.40. The summed E-state index contributed by atoms with van der Waals surface area (Å²) in [5.74, 6) is 1.05. The van der Waals surface area contributed by atoms with E-state index in [-0.39, 0.29) is 11.5 Å². The normalized spacial score (nSPS) is 24.7. The van der Waals surface area contributed by atoms with Crippen molar-refractivity contribution in [3.05, 3.63) is 18.1 Å². The highest BCUT2D eigenvalue weighted by atomic mass is 16.2. The summed E-state index contributed by atoms with van der Waals surface area (Å²) in [5.41, 5.74) is 0.669. The maximum atomic E-state index is 13.2. The molecule has 1 amide bonds. The van der Waals surface area contributed by atoms with Gasteiger partial charge in [-0.3, -0.25) is 9.78 Å². The molecule has 1 atom stereocenters. The van der Waals surface area contributed by atoms with Crippen LogP contribution in [0.1, 0.15) is 44.3 Å². The van der Waals surface area contributed by atoms with E-state index >= 15 is 0 Å². The summed E-state index contributed by atoms with van der Waals surface area (Å²) in [5, 5.41) is 3.03. The number of carbonyl (C=O) groups is 1. The second-order valence-electron chi connectivity index (χ2n) is 7.10. The molecule has 2 saturated heterocycles. The average molecular weight is 317 g/mol. The second-order valence-corrected chi connectivity index (χ2v) is 7.10. The molecule has 126 valence electrons. The van der Waals surface area contributed by atoms with Crippen LogP contribution in [0.2, 0.25) is 0 Å². The fraction of sp³-hybridized carbons (Fsp3) is 0.706. The minimum absolute atomic E-state index is 0.0692. The number of nitrogens with one attached hydrogen (secondary N) is 1. The molecule has 0 saturated carbocycles. The lowest BCUT2D eigenvalue weighted by atomic mass is 9.79. The molecule has 6 heteroatoms. The lowest BCUT2D eigenvalue weighted by Crippen LogP contribution is -2.47. The number of nitrogens with zero attached hydrogens (tertiary/aromatic N) is 4. The van der Waals surface area contributed by atoms with Crippen LogP contribution in [-0.2, 0) is 4.79 Å². The molecule has 0 aromatic carbocycles. The molecule has 3 heterocycles. The lowest BCUT2D eigenvalue weighted by molar-refractivity contribution is -0.145. The molecule has 0 aliphatic carbocycles. The zero-order valence-corrected chi connectivity index (χ0v) is 14.4. The number of carbonyl (C=O) groups excluding carboxylic acids is 1. The number of rotatable bonds is 3. The molecule has 1 N–H and O–H groups in total. The van der Waals surface area contributed by atoms with Gasteiger partial charge in [0, 0.05) is 19.0 Å². The van der Waals surface area contributed by atoms with E-state index in [0.717, 1.165) is 56.8 Å². The zero-order valence-electron chi connectivity index (χ0n) is 14.4. The van der Waals surface area contributed by atoms with Crippen LogP contribution in [0.25, 0.3) is 0 Å². The van der Waals surface area contributed by atoms with Crippen molar-refractivity contribution in [1.82, 2.24) is 19.8 Å². The molecule has 2 fully saturated rings. The second kappa shape index (κ2) is 6.43. The van der Waals surface area contributed by atoms with E-state index in [1.807, 2.05) is 7.05 Å². The summed E-state index contributed by atoms with van der Waals surface area (Å²) in [6, 6.07) is 0.0692. The van der Waals surface area contributed by atoms with E-state index < -0.39 is 0 Å². The van der Waals surface area contributed by atoms with Crippen molar-refractivity contribution in [3.63, 3.8) is 0 Å². The van der Waals surface area contributed by atoms with Gasteiger partial charge in [0.25, 0.3) is 0 Å². The number of likely N-dealkylation sites (tertiary alicyclic amines) is 2. The molecular formula is C17H27N5O. The van der Waals surface area contributed by atoms with Crippen LogP contribution in [0.15, 0.2) is 12.4 Å². The van der Waals surface area contributed by atoms with Crippen molar-refractivity contribution in [3.8, 4) is 0 Å². The third-order valence-corrected chi connectivity index (χ3v) is 5.37. The summed E-state index contributed by atoms with van der Waals surface area (Å²) in [6.07, 6.45) is 7.40. The Morgan fingerprint density at radius 3 is 2.74 bits per heavy atom. The minimum atomic E-state index is -0.233. The van der Waals surface area contributed by atoms with E-state index in [4.69, 9.17) is 0 Å². The Morgan fingerprint density at radius 2 is 2.04 bits per heavy atom.